The van der Waals surface area contributed by atoms with E-state index in [0.717, 1.165) is 65.6 Å². The first-order chi connectivity index (χ1) is 12.2. The van der Waals surface area contributed by atoms with E-state index in [-0.39, 0.29) is 0 Å². The minimum absolute atomic E-state index is 0.334. The summed E-state index contributed by atoms with van der Waals surface area (Å²) in [6, 6.07) is 0.334. The molecule has 1 fully saturated rings. The Morgan fingerprint density at radius 1 is 1.32 bits per heavy atom. The first-order valence-electron chi connectivity index (χ1n) is 8.49. The van der Waals surface area contributed by atoms with Gasteiger partial charge in [0.05, 0.1) is 30.1 Å². The number of hydrogen-bond donors (Lipinski definition) is 1. The molecular formula is C18H21ClN4O2. The highest BCUT2D eigenvalue weighted by molar-refractivity contribution is 6.50. The number of nitrogens with zero attached hydrogens (tertiary/aromatic N) is 3. The number of nitrogens with one attached hydrogen (secondary N) is 1. The number of ether oxygens (including phenoxy) is 2. The smallest absolute Gasteiger partial charge is 0.240 e. The molecule has 0 saturated carbocycles. The van der Waals surface area contributed by atoms with Gasteiger partial charge in [-0.05, 0) is 12.8 Å². The molecule has 0 aromatic carbocycles. The zero-order valence-corrected chi connectivity index (χ0v) is 15.1. The Balaban J connectivity index is 1.81. The van der Waals surface area contributed by atoms with Crippen molar-refractivity contribution in [2.75, 3.05) is 32.7 Å². The Morgan fingerprint density at radius 2 is 2.12 bits per heavy atom. The van der Waals surface area contributed by atoms with Gasteiger partial charge in [-0.15, -0.1) is 5.10 Å². The van der Waals surface area contributed by atoms with E-state index in [9.17, 15) is 0 Å². The molecule has 0 radical (unpaired) electrons. The molecule has 2 aromatic heterocycles. The fourth-order valence-electron chi connectivity index (χ4n) is 3.56. The zero-order valence-electron chi connectivity index (χ0n) is 14.4. The van der Waals surface area contributed by atoms with Crippen LogP contribution < -0.4 is 10.1 Å². The first-order valence-corrected chi connectivity index (χ1v) is 8.87. The second-order valence-corrected chi connectivity index (χ2v) is 6.66. The lowest BCUT2D eigenvalue weighted by Crippen LogP contribution is -2.19. The molecule has 0 bridgehead atoms. The molecule has 3 heterocycles. The van der Waals surface area contributed by atoms with Crippen LogP contribution in [0, 0.1) is 0 Å². The Hall–Kier alpha value is -2.05. The van der Waals surface area contributed by atoms with Crippen molar-refractivity contribution in [3.63, 3.8) is 0 Å². The van der Waals surface area contributed by atoms with E-state index < -0.39 is 0 Å². The van der Waals surface area contributed by atoms with E-state index in [1.54, 1.807) is 7.11 Å². The van der Waals surface area contributed by atoms with Gasteiger partial charge in [0.1, 0.15) is 0 Å². The van der Waals surface area contributed by atoms with Crippen LogP contribution in [0.15, 0.2) is 18.5 Å². The summed E-state index contributed by atoms with van der Waals surface area (Å²) < 4.78 is 13.0. The Labute approximate surface area is 151 Å². The maximum absolute atomic E-state index is 6.40. The summed E-state index contributed by atoms with van der Waals surface area (Å²) >= 11 is 6.40. The third-order valence-corrected chi connectivity index (χ3v) is 5.21. The van der Waals surface area contributed by atoms with E-state index in [2.05, 4.69) is 15.4 Å². The number of anilines is 1. The van der Waals surface area contributed by atoms with Gasteiger partial charge in [0.25, 0.3) is 0 Å². The van der Waals surface area contributed by atoms with Crippen molar-refractivity contribution in [1.29, 1.82) is 0 Å². The van der Waals surface area contributed by atoms with E-state index in [0.29, 0.717) is 11.9 Å². The fraction of sp³-hybridized carbons (Fsp3) is 0.444. The van der Waals surface area contributed by atoms with Gasteiger partial charge in [-0.3, -0.25) is 9.67 Å². The van der Waals surface area contributed by atoms with E-state index >= 15 is 0 Å². The molecule has 1 aliphatic carbocycles. The second-order valence-electron chi connectivity index (χ2n) is 6.25. The normalized spacial score (nSPS) is 17.3. The molecule has 7 heteroatoms. The van der Waals surface area contributed by atoms with Crippen molar-refractivity contribution in [2.45, 2.75) is 25.3 Å². The standard InChI is InChI=1S/C18H21ClN4O2/c1-20-17-12(9-21-15-4-3-14(19)16(15)17)13-10-23(22-18(13)24-2)11-5-7-25-8-6-11/h3,9-11H,4-8H2,1-2H3,(H,20,21). The molecule has 1 aliphatic heterocycles. The number of pyridine rings is 1. The average molecular weight is 361 g/mol. The number of rotatable bonds is 4. The van der Waals surface area contributed by atoms with Gasteiger partial charge >= 0.3 is 0 Å². The van der Waals surface area contributed by atoms with E-state index in [1.165, 1.54) is 0 Å². The summed E-state index contributed by atoms with van der Waals surface area (Å²) in [5.74, 6) is 0.600. The third-order valence-electron chi connectivity index (χ3n) is 4.87. The Morgan fingerprint density at radius 3 is 2.84 bits per heavy atom. The van der Waals surface area contributed by atoms with E-state index in [4.69, 9.17) is 21.1 Å². The van der Waals surface area contributed by atoms with Gasteiger partial charge in [-0.25, -0.2) is 0 Å². The fourth-order valence-corrected chi connectivity index (χ4v) is 3.84. The lowest BCUT2D eigenvalue weighted by molar-refractivity contribution is 0.0659. The molecule has 0 unspecified atom stereocenters. The molecule has 6 nitrogen and oxygen atoms in total. The minimum Gasteiger partial charge on any atom is -0.479 e. The molecule has 2 aromatic rings. The number of halogens is 1. The lowest BCUT2D eigenvalue weighted by atomic mass is 10.0. The second kappa shape index (κ2) is 6.69. The molecule has 2 aliphatic rings. The third kappa shape index (κ3) is 2.79. The van der Waals surface area contributed by atoms with Crippen LogP contribution in [0.1, 0.15) is 30.1 Å². The van der Waals surface area contributed by atoms with E-state index in [1.807, 2.05) is 30.2 Å². The molecule has 0 atom stereocenters. The van der Waals surface area contributed by atoms with Crippen molar-refractivity contribution < 1.29 is 9.47 Å². The van der Waals surface area contributed by atoms with Gasteiger partial charge in [0.15, 0.2) is 0 Å². The quantitative estimate of drug-likeness (QED) is 0.904. The summed E-state index contributed by atoms with van der Waals surface area (Å²) in [5, 5.41) is 8.68. The number of aromatic nitrogens is 3. The maximum Gasteiger partial charge on any atom is 0.240 e. The SMILES string of the molecule is CNc1c(-c2cn(C3CCOCC3)nc2OC)cnc2c1C(Cl)=CC2. The highest BCUT2D eigenvalue weighted by atomic mass is 35.5. The predicted molar refractivity (Wildman–Crippen MR) is 98.2 cm³/mol. The van der Waals surface area contributed by atoms with Crippen molar-refractivity contribution >= 4 is 22.3 Å². The highest BCUT2D eigenvalue weighted by Crippen LogP contribution is 2.43. The molecule has 4 rings (SSSR count). The molecule has 0 spiro atoms. The van der Waals surface area contributed by atoms with Crippen LogP contribution in [0.4, 0.5) is 5.69 Å². The molecule has 1 saturated heterocycles. The molecule has 25 heavy (non-hydrogen) atoms. The van der Waals surface area contributed by atoms with Crippen molar-refractivity contribution in [3.8, 4) is 17.0 Å². The van der Waals surface area contributed by atoms with Crippen LogP contribution >= 0.6 is 11.6 Å². The van der Waals surface area contributed by atoms with Gasteiger partial charge in [0, 0.05) is 55.2 Å². The first kappa shape index (κ1) is 16.4. The lowest BCUT2D eigenvalue weighted by Gasteiger charge is -2.22. The van der Waals surface area contributed by atoms with Crippen LogP contribution in [-0.4, -0.2) is 42.1 Å². The average Bonchev–Trinajstić information content (AvgIpc) is 3.25. The summed E-state index contributed by atoms with van der Waals surface area (Å²) in [6.45, 7) is 1.54. The van der Waals surface area contributed by atoms with Gasteiger partial charge in [-0.2, -0.15) is 0 Å². The number of methoxy groups -OCH3 is 1. The van der Waals surface area contributed by atoms with Crippen LogP contribution in [0.2, 0.25) is 0 Å². The summed E-state index contributed by atoms with van der Waals surface area (Å²) in [7, 11) is 3.55. The topological polar surface area (TPSA) is 61.2 Å². The highest BCUT2D eigenvalue weighted by Gasteiger charge is 2.25. The minimum atomic E-state index is 0.334. The number of fused-ring (bicyclic) bond motifs is 1. The molecule has 1 N–H and O–H groups in total. The zero-order chi connectivity index (χ0) is 17.4. The maximum atomic E-state index is 6.40. The number of hydrogen-bond acceptors (Lipinski definition) is 5. The van der Waals surface area contributed by atoms with Crippen molar-refractivity contribution in [2.24, 2.45) is 0 Å². The monoisotopic (exact) mass is 360 g/mol. The predicted octanol–water partition coefficient (Wildman–Crippen LogP) is 3.48. The largest absolute Gasteiger partial charge is 0.479 e. The van der Waals surface area contributed by atoms with Crippen LogP contribution in [0.25, 0.3) is 16.2 Å². The molecule has 0 amide bonds. The van der Waals surface area contributed by atoms with Crippen LogP contribution in [-0.2, 0) is 11.2 Å². The summed E-state index contributed by atoms with van der Waals surface area (Å²) in [4.78, 5) is 4.60. The van der Waals surface area contributed by atoms with Crippen molar-refractivity contribution in [3.05, 3.63) is 29.7 Å². The summed E-state index contributed by atoms with van der Waals surface area (Å²) in [6.07, 6.45) is 8.60. The Kier molecular flexibility index (Phi) is 4.39. The van der Waals surface area contributed by atoms with Crippen LogP contribution in [0.3, 0.4) is 0 Å². The van der Waals surface area contributed by atoms with Gasteiger partial charge < -0.3 is 14.8 Å². The van der Waals surface area contributed by atoms with Crippen LogP contribution in [0.5, 0.6) is 5.88 Å². The molecule has 132 valence electrons. The molecular weight excluding hydrogens is 340 g/mol. The van der Waals surface area contributed by atoms with Gasteiger partial charge in [-0.1, -0.05) is 17.7 Å². The number of allylic oxidation sites excluding steroid dienone is 1. The van der Waals surface area contributed by atoms with Gasteiger partial charge in [0.2, 0.25) is 5.88 Å². The Bertz CT molecular complexity index is 825. The summed E-state index contributed by atoms with van der Waals surface area (Å²) in [5.41, 5.74) is 4.81. The van der Waals surface area contributed by atoms with Crippen molar-refractivity contribution in [1.82, 2.24) is 14.8 Å².